The SMILES string of the molecule is ClCc1cnc(-c2coc3ccccc23)s1. The van der Waals surface area contributed by atoms with E-state index in [1.54, 1.807) is 17.6 Å². The smallest absolute Gasteiger partial charge is 0.134 e. The van der Waals surface area contributed by atoms with Gasteiger partial charge in [-0.25, -0.2) is 4.98 Å². The average Bonchev–Trinajstić information content (AvgIpc) is 2.94. The Labute approximate surface area is 101 Å². The van der Waals surface area contributed by atoms with Gasteiger partial charge in [-0.3, -0.25) is 0 Å². The molecule has 0 aliphatic carbocycles. The van der Waals surface area contributed by atoms with Gasteiger partial charge < -0.3 is 4.42 Å². The molecule has 2 aromatic heterocycles. The molecule has 2 nitrogen and oxygen atoms in total. The third-order valence-corrected chi connectivity index (χ3v) is 3.87. The molecular formula is C12H8ClNOS. The maximum absolute atomic E-state index is 5.77. The fourth-order valence-electron chi connectivity index (χ4n) is 1.64. The zero-order valence-electron chi connectivity index (χ0n) is 8.31. The first-order chi connectivity index (χ1) is 7.88. The Morgan fingerprint density at radius 2 is 2.19 bits per heavy atom. The van der Waals surface area contributed by atoms with Crippen molar-refractivity contribution in [1.29, 1.82) is 0 Å². The highest BCUT2D eigenvalue weighted by Crippen LogP contribution is 2.33. The number of fused-ring (bicyclic) bond motifs is 1. The Morgan fingerprint density at radius 3 is 3.00 bits per heavy atom. The Kier molecular flexibility index (Phi) is 2.42. The molecule has 4 heteroatoms. The number of hydrogen-bond donors (Lipinski definition) is 0. The first-order valence-electron chi connectivity index (χ1n) is 4.86. The number of furan rings is 1. The molecule has 0 spiro atoms. The van der Waals surface area contributed by atoms with E-state index in [1.165, 1.54) is 0 Å². The van der Waals surface area contributed by atoms with E-state index in [0.717, 1.165) is 26.4 Å². The van der Waals surface area contributed by atoms with Crippen molar-refractivity contribution in [3.8, 4) is 10.6 Å². The van der Waals surface area contributed by atoms with Crippen molar-refractivity contribution >= 4 is 33.9 Å². The summed E-state index contributed by atoms with van der Waals surface area (Å²) in [4.78, 5) is 5.42. The summed E-state index contributed by atoms with van der Waals surface area (Å²) < 4.78 is 5.48. The maximum Gasteiger partial charge on any atom is 0.134 e. The van der Waals surface area contributed by atoms with Crippen molar-refractivity contribution < 1.29 is 4.42 Å². The standard InChI is InChI=1S/C12H8ClNOS/c13-5-8-6-14-12(16-8)10-7-15-11-4-2-1-3-9(10)11/h1-4,6-7H,5H2. The molecule has 2 heterocycles. The number of aromatic nitrogens is 1. The Balaban J connectivity index is 2.18. The summed E-state index contributed by atoms with van der Waals surface area (Å²) in [5, 5.41) is 2.05. The second-order valence-corrected chi connectivity index (χ2v) is 4.79. The van der Waals surface area contributed by atoms with Crippen LogP contribution in [0.2, 0.25) is 0 Å². The van der Waals surface area contributed by atoms with Gasteiger partial charge in [0.2, 0.25) is 0 Å². The molecule has 0 radical (unpaired) electrons. The molecule has 0 N–H and O–H groups in total. The van der Waals surface area contributed by atoms with Crippen molar-refractivity contribution in [3.63, 3.8) is 0 Å². The summed E-state index contributed by atoms with van der Waals surface area (Å²) in [6, 6.07) is 7.95. The van der Waals surface area contributed by atoms with Gasteiger partial charge in [0.15, 0.2) is 0 Å². The van der Waals surface area contributed by atoms with Gasteiger partial charge in [0.25, 0.3) is 0 Å². The average molecular weight is 250 g/mol. The molecule has 0 aliphatic heterocycles. The van der Waals surface area contributed by atoms with Crippen LogP contribution in [0.1, 0.15) is 4.88 Å². The van der Waals surface area contributed by atoms with Gasteiger partial charge in [-0.2, -0.15) is 0 Å². The lowest BCUT2D eigenvalue weighted by Crippen LogP contribution is -1.70. The van der Waals surface area contributed by atoms with Crippen LogP contribution >= 0.6 is 22.9 Å². The quantitative estimate of drug-likeness (QED) is 0.633. The van der Waals surface area contributed by atoms with Crippen molar-refractivity contribution in [2.45, 2.75) is 5.88 Å². The molecule has 3 rings (SSSR count). The first-order valence-corrected chi connectivity index (χ1v) is 6.21. The molecule has 1 aromatic carbocycles. The van der Waals surface area contributed by atoms with Gasteiger partial charge in [0.1, 0.15) is 16.9 Å². The van der Waals surface area contributed by atoms with Gasteiger partial charge in [-0.05, 0) is 6.07 Å². The van der Waals surface area contributed by atoms with Crippen LogP contribution in [0.3, 0.4) is 0 Å². The molecular weight excluding hydrogens is 242 g/mol. The zero-order valence-corrected chi connectivity index (χ0v) is 9.89. The number of alkyl halides is 1. The molecule has 0 unspecified atom stereocenters. The van der Waals surface area contributed by atoms with E-state index in [1.807, 2.05) is 30.5 Å². The highest BCUT2D eigenvalue weighted by Gasteiger charge is 2.10. The van der Waals surface area contributed by atoms with Crippen LogP contribution < -0.4 is 0 Å². The molecule has 80 valence electrons. The van der Waals surface area contributed by atoms with Crippen LogP contribution in [0.4, 0.5) is 0 Å². The van der Waals surface area contributed by atoms with E-state index in [0.29, 0.717) is 5.88 Å². The number of halogens is 1. The van der Waals surface area contributed by atoms with E-state index in [4.69, 9.17) is 16.0 Å². The van der Waals surface area contributed by atoms with Crippen LogP contribution in [0.25, 0.3) is 21.5 Å². The number of nitrogens with zero attached hydrogens (tertiary/aromatic N) is 1. The van der Waals surface area contributed by atoms with Crippen LogP contribution in [0.5, 0.6) is 0 Å². The Bertz CT molecular complexity index is 629. The Hall–Kier alpha value is -1.32. The summed E-state index contributed by atoms with van der Waals surface area (Å²) >= 11 is 7.37. The number of thiazole rings is 1. The predicted octanol–water partition coefficient (Wildman–Crippen LogP) is 4.30. The summed E-state index contributed by atoms with van der Waals surface area (Å²) in [7, 11) is 0. The number of benzene rings is 1. The maximum atomic E-state index is 5.77. The lowest BCUT2D eigenvalue weighted by Gasteiger charge is -1.90. The third-order valence-electron chi connectivity index (χ3n) is 2.40. The van der Waals surface area contributed by atoms with E-state index >= 15 is 0 Å². The van der Waals surface area contributed by atoms with Gasteiger partial charge in [0, 0.05) is 16.5 Å². The topological polar surface area (TPSA) is 26.0 Å². The first kappa shape index (κ1) is 9.87. The molecule has 3 aromatic rings. The molecule has 0 saturated heterocycles. The number of para-hydroxylation sites is 1. The Morgan fingerprint density at radius 1 is 1.31 bits per heavy atom. The lowest BCUT2D eigenvalue weighted by molar-refractivity contribution is 0.617. The van der Waals surface area contributed by atoms with Crippen molar-refractivity contribution in [2.75, 3.05) is 0 Å². The largest absolute Gasteiger partial charge is 0.464 e. The second kappa shape index (κ2) is 3.92. The van der Waals surface area contributed by atoms with Crippen molar-refractivity contribution in [1.82, 2.24) is 4.98 Å². The summed E-state index contributed by atoms with van der Waals surface area (Å²) in [6.45, 7) is 0. The minimum atomic E-state index is 0.507. The molecule has 0 aliphatic rings. The van der Waals surface area contributed by atoms with Crippen LogP contribution in [0.15, 0.2) is 41.1 Å². The number of rotatable bonds is 2. The molecule has 0 fully saturated rings. The van der Waals surface area contributed by atoms with E-state index in [2.05, 4.69) is 4.98 Å². The van der Waals surface area contributed by atoms with Crippen molar-refractivity contribution in [3.05, 3.63) is 41.6 Å². The highest BCUT2D eigenvalue weighted by atomic mass is 35.5. The molecule has 0 atom stereocenters. The van der Waals surface area contributed by atoms with Gasteiger partial charge in [-0.15, -0.1) is 22.9 Å². The van der Waals surface area contributed by atoms with E-state index in [9.17, 15) is 0 Å². The van der Waals surface area contributed by atoms with Crippen LogP contribution in [-0.4, -0.2) is 4.98 Å². The summed E-state index contributed by atoms with van der Waals surface area (Å²) in [5.74, 6) is 0.507. The van der Waals surface area contributed by atoms with Gasteiger partial charge >= 0.3 is 0 Å². The molecule has 0 bridgehead atoms. The molecule has 0 saturated carbocycles. The minimum absolute atomic E-state index is 0.507. The summed E-state index contributed by atoms with van der Waals surface area (Å²) in [6.07, 6.45) is 3.57. The van der Waals surface area contributed by atoms with Crippen LogP contribution in [-0.2, 0) is 5.88 Å². The minimum Gasteiger partial charge on any atom is -0.464 e. The summed E-state index contributed by atoms with van der Waals surface area (Å²) in [5.41, 5.74) is 1.93. The molecule has 0 amide bonds. The van der Waals surface area contributed by atoms with Crippen LogP contribution in [0, 0.1) is 0 Å². The monoisotopic (exact) mass is 249 g/mol. The van der Waals surface area contributed by atoms with Gasteiger partial charge in [-0.1, -0.05) is 18.2 Å². The highest BCUT2D eigenvalue weighted by molar-refractivity contribution is 7.15. The number of hydrogen-bond acceptors (Lipinski definition) is 3. The molecule has 16 heavy (non-hydrogen) atoms. The predicted molar refractivity (Wildman–Crippen MR) is 66.9 cm³/mol. The lowest BCUT2D eigenvalue weighted by atomic mass is 10.2. The normalized spacial score (nSPS) is 11.1. The van der Waals surface area contributed by atoms with Crippen molar-refractivity contribution in [2.24, 2.45) is 0 Å². The second-order valence-electron chi connectivity index (χ2n) is 3.41. The van der Waals surface area contributed by atoms with E-state index in [-0.39, 0.29) is 0 Å². The fraction of sp³-hybridized carbons (Fsp3) is 0.0833. The van der Waals surface area contributed by atoms with E-state index < -0.39 is 0 Å². The zero-order chi connectivity index (χ0) is 11.0. The third kappa shape index (κ3) is 1.52. The van der Waals surface area contributed by atoms with Gasteiger partial charge in [0.05, 0.1) is 11.4 Å². The fourth-order valence-corrected chi connectivity index (χ4v) is 2.65.